The quantitative estimate of drug-likeness (QED) is 0.750. The molecule has 0 N–H and O–H groups in total. The highest BCUT2D eigenvalue weighted by molar-refractivity contribution is 5.98. The van der Waals surface area contributed by atoms with E-state index < -0.39 is 0 Å². The molecule has 2 nitrogen and oxygen atoms in total. The van der Waals surface area contributed by atoms with Crippen molar-refractivity contribution in [2.45, 2.75) is 52.9 Å². The summed E-state index contributed by atoms with van der Waals surface area (Å²) in [5.41, 5.74) is 2.75. The number of pyridine rings is 1. The summed E-state index contributed by atoms with van der Waals surface area (Å²) in [5.74, 6) is 1.32. The summed E-state index contributed by atoms with van der Waals surface area (Å²) in [6.07, 6.45) is 5.86. The lowest BCUT2D eigenvalue weighted by Gasteiger charge is -2.27. The molecule has 1 aliphatic rings. The number of ketones is 1. The lowest BCUT2D eigenvalue weighted by atomic mass is 9.77. The maximum absolute atomic E-state index is 12.5. The molecule has 1 aromatic rings. The third-order valence-electron chi connectivity index (χ3n) is 4.10. The second-order valence-electron chi connectivity index (χ2n) is 5.64. The second kappa shape index (κ2) is 5.64. The van der Waals surface area contributed by atoms with Crippen molar-refractivity contribution in [1.29, 1.82) is 0 Å². The maximum Gasteiger partial charge on any atom is 0.166 e. The lowest BCUT2D eigenvalue weighted by molar-refractivity contribution is 0.0861. The molecular formula is C16H23NO. The third kappa shape index (κ3) is 2.98. The van der Waals surface area contributed by atoms with Gasteiger partial charge in [-0.1, -0.05) is 26.2 Å². The van der Waals surface area contributed by atoms with Gasteiger partial charge in [0.25, 0.3) is 0 Å². The van der Waals surface area contributed by atoms with Gasteiger partial charge < -0.3 is 0 Å². The summed E-state index contributed by atoms with van der Waals surface area (Å²) in [5, 5.41) is 0. The molecule has 2 atom stereocenters. The number of aromatic nitrogens is 1. The average Bonchev–Trinajstić information content (AvgIpc) is 2.37. The zero-order chi connectivity index (χ0) is 13.1. The van der Waals surface area contributed by atoms with Crippen LogP contribution in [0.5, 0.6) is 0 Å². The Labute approximate surface area is 110 Å². The van der Waals surface area contributed by atoms with Gasteiger partial charge in [0.15, 0.2) is 5.78 Å². The van der Waals surface area contributed by atoms with Crippen LogP contribution in [0.25, 0.3) is 0 Å². The SMILES string of the molecule is CCC1CCCC(C(=O)c2cc(C)nc(C)c2)C1. The zero-order valence-corrected chi connectivity index (χ0v) is 11.7. The molecule has 1 fully saturated rings. The van der Waals surface area contributed by atoms with E-state index in [-0.39, 0.29) is 5.92 Å². The Kier molecular flexibility index (Phi) is 4.15. The van der Waals surface area contributed by atoms with Crippen molar-refractivity contribution >= 4 is 5.78 Å². The van der Waals surface area contributed by atoms with Gasteiger partial charge in [-0.2, -0.15) is 0 Å². The molecule has 1 aromatic heterocycles. The molecule has 0 bridgehead atoms. The summed E-state index contributed by atoms with van der Waals surface area (Å²) in [4.78, 5) is 16.9. The lowest BCUT2D eigenvalue weighted by Crippen LogP contribution is -2.23. The van der Waals surface area contributed by atoms with E-state index in [0.717, 1.165) is 35.7 Å². The predicted molar refractivity (Wildman–Crippen MR) is 73.8 cm³/mol. The molecule has 1 saturated carbocycles. The van der Waals surface area contributed by atoms with E-state index in [4.69, 9.17) is 0 Å². The van der Waals surface area contributed by atoms with Gasteiger partial charge in [-0.25, -0.2) is 0 Å². The standard InChI is InChI=1S/C16H23NO/c1-4-13-6-5-7-14(10-13)16(18)15-8-11(2)17-12(3)9-15/h8-9,13-14H,4-7,10H2,1-3H3. The van der Waals surface area contributed by atoms with E-state index in [1.165, 1.54) is 19.3 Å². The molecule has 0 spiro atoms. The number of Topliss-reactive ketones (excluding diaryl/α,β-unsaturated/α-hetero) is 1. The molecule has 18 heavy (non-hydrogen) atoms. The van der Waals surface area contributed by atoms with Gasteiger partial charge >= 0.3 is 0 Å². The molecule has 0 radical (unpaired) electrons. The van der Waals surface area contributed by atoms with Crippen LogP contribution >= 0.6 is 0 Å². The Balaban J connectivity index is 2.15. The van der Waals surface area contributed by atoms with E-state index in [0.29, 0.717) is 5.78 Å². The Bertz CT molecular complexity index is 418. The normalized spacial score (nSPS) is 23.9. The topological polar surface area (TPSA) is 30.0 Å². The number of hydrogen-bond acceptors (Lipinski definition) is 2. The summed E-state index contributed by atoms with van der Waals surface area (Å²) in [6.45, 7) is 6.15. The highest BCUT2D eigenvalue weighted by Gasteiger charge is 2.27. The van der Waals surface area contributed by atoms with Crippen LogP contribution in [0, 0.1) is 25.7 Å². The molecule has 1 aliphatic carbocycles. The molecule has 98 valence electrons. The fourth-order valence-corrected chi connectivity index (χ4v) is 3.11. The van der Waals surface area contributed by atoms with Crippen LogP contribution in [-0.2, 0) is 0 Å². The Morgan fingerprint density at radius 2 is 1.94 bits per heavy atom. The highest BCUT2D eigenvalue weighted by Crippen LogP contribution is 2.33. The number of carbonyl (C=O) groups excluding carboxylic acids is 1. The minimum absolute atomic E-state index is 0.241. The molecule has 0 saturated heterocycles. The summed E-state index contributed by atoms with van der Waals surface area (Å²) in [7, 11) is 0. The van der Waals surface area contributed by atoms with Crippen molar-refractivity contribution in [1.82, 2.24) is 4.98 Å². The second-order valence-corrected chi connectivity index (χ2v) is 5.64. The number of aryl methyl sites for hydroxylation is 2. The molecule has 2 heteroatoms. The van der Waals surface area contributed by atoms with Crippen LogP contribution in [0.3, 0.4) is 0 Å². The minimum Gasteiger partial charge on any atom is -0.294 e. The zero-order valence-electron chi connectivity index (χ0n) is 11.7. The summed E-state index contributed by atoms with van der Waals surface area (Å²) in [6, 6.07) is 3.87. The first kappa shape index (κ1) is 13.3. The number of nitrogens with zero attached hydrogens (tertiary/aromatic N) is 1. The largest absolute Gasteiger partial charge is 0.294 e. The first-order chi connectivity index (χ1) is 8.60. The van der Waals surface area contributed by atoms with Crippen molar-refractivity contribution in [3.8, 4) is 0 Å². The van der Waals surface area contributed by atoms with Crippen LogP contribution < -0.4 is 0 Å². The Morgan fingerprint density at radius 3 is 2.56 bits per heavy atom. The van der Waals surface area contributed by atoms with Crippen molar-refractivity contribution < 1.29 is 4.79 Å². The predicted octanol–water partition coefficient (Wildman–Crippen LogP) is 4.10. The minimum atomic E-state index is 0.241. The third-order valence-corrected chi connectivity index (χ3v) is 4.10. The Hall–Kier alpha value is -1.18. The van der Waals surface area contributed by atoms with Crippen molar-refractivity contribution in [3.63, 3.8) is 0 Å². The van der Waals surface area contributed by atoms with Crippen LogP contribution in [0.2, 0.25) is 0 Å². The van der Waals surface area contributed by atoms with E-state index in [1.807, 2.05) is 26.0 Å². The monoisotopic (exact) mass is 245 g/mol. The van der Waals surface area contributed by atoms with Gasteiger partial charge in [-0.05, 0) is 44.7 Å². The van der Waals surface area contributed by atoms with Crippen molar-refractivity contribution in [3.05, 3.63) is 29.1 Å². The number of rotatable bonds is 3. The van der Waals surface area contributed by atoms with Gasteiger partial charge in [-0.15, -0.1) is 0 Å². The first-order valence-corrected chi connectivity index (χ1v) is 7.09. The molecule has 0 amide bonds. The number of carbonyl (C=O) groups is 1. The van der Waals surface area contributed by atoms with E-state index in [2.05, 4.69) is 11.9 Å². The molecule has 1 heterocycles. The van der Waals surface area contributed by atoms with Crippen LogP contribution in [0.15, 0.2) is 12.1 Å². The summed E-state index contributed by atoms with van der Waals surface area (Å²) >= 11 is 0. The molecule has 2 unspecified atom stereocenters. The smallest absolute Gasteiger partial charge is 0.166 e. The average molecular weight is 245 g/mol. The van der Waals surface area contributed by atoms with Gasteiger partial charge in [0.05, 0.1) is 0 Å². The molecular weight excluding hydrogens is 222 g/mol. The van der Waals surface area contributed by atoms with Crippen LogP contribution in [0.4, 0.5) is 0 Å². The van der Waals surface area contributed by atoms with Crippen LogP contribution in [0.1, 0.15) is 60.8 Å². The highest BCUT2D eigenvalue weighted by atomic mass is 16.1. The van der Waals surface area contributed by atoms with Gasteiger partial charge in [0.1, 0.15) is 0 Å². The van der Waals surface area contributed by atoms with E-state index in [9.17, 15) is 4.79 Å². The molecule has 2 rings (SSSR count). The van der Waals surface area contributed by atoms with E-state index >= 15 is 0 Å². The fourth-order valence-electron chi connectivity index (χ4n) is 3.11. The number of hydrogen-bond donors (Lipinski definition) is 0. The first-order valence-electron chi connectivity index (χ1n) is 7.09. The fraction of sp³-hybridized carbons (Fsp3) is 0.625. The maximum atomic E-state index is 12.5. The summed E-state index contributed by atoms with van der Waals surface area (Å²) < 4.78 is 0. The molecule has 0 aromatic carbocycles. The van der Waals surface area contributed by atoms with Gasteiger partial charge in [0, 0.05) is 22.9 Å². The van der Waals surface area contributed by atoms with Gasteiger partial charge in [-0.3, -0.25) is 9.78 Å². The van der Waals surface area contributed by atoms with Crippen molar-refractivity contribution in [2.75, 3.05) is 0 Å². The Morgan fingerprint density at radius 1 is 1.28 bits per heavy atom. The van der Waals surface area contributed by atoms with Crippen LogP contribution in [-0.4, -0.2) is 10.8 Å². The van der Waals surface area contributed by atoms with E-state index in [1.54, 1.807) is 0 Å². The molecule has 0 aliphatic heterocycles. The van der Waals surface area contributed by atoms with Gasteiger partial charge in [0.2, 0.25) is 0 Å². The van der Waals surface area contributed by atoms with Crippen molar-refractivity contribution in [2.24, 2.45) is 11.8 Å².